The van der Waals surface area contributed by atoms with E-state index in [0.717, 1.165) is 11.3 Å². The van der Waals surface area contributed by atoms with Crippen LogP contribution in [0.3, 0.4) is 0 Å². The third-order valence-electron chi connectivity index (χ3n) is 3.30. The first-order valence-corrected chi connectivity index (χ1v) is 7.42. The standard InChI is InChI=1S/C18H20N2O3/c1-23-16-10-7-14(8-11-16)9-12-17(21)19-13-18(22)20-15-5-3-2-4-6-15/h2-8,10-11H,9,12-13H2,1H3,(H,19,21)(H,20,22). The van der Waals surface area contributed by atoms with Crippen molar-refractivity contribution in [3.63, 3.8) is 0 Å². The second kappa shape index (κ2) is 8.58. The van der Waals surface area contributed by atoms with E-state index in [1.165, 1.54) is 0 Å². The zero-order valence-corrected chi connectivity index (χ0v) is 13.0. The molecular weight excluding hydrogens is 292 g/mol. The predicted octanol–water partition coefficient (Wildman–Crippen LogP) is 2.38. The van der Waals surface area contributed by atoms with Crippen molar-refractivity contribution in [2.75, 3.05) is 19.0 Å². The molecule has 0 saturated carbocycles. The second-order valence-electron chi connectivity index (χ2n) is 5.04. The molecule has 2 rings (SSSR count). The minimum atomic E-state index is -0.242. The summed E-state index contributed by atoms with van der Waals surface area (Å²) in [6.07, 6.45) is 0.959. The third-order valence-corrected chi connectivity index (χ3v) is 3.30. The Hall–Kier alpha value is -2.82. The van der Waals surface area contributed by atoms with Crippen LogP contribution in [0, 0.1) is 0 Å². The number of carbonyl (C=O) groups excluding carboxylic acids is 2. The third kappa shape index (κ3) is 5.82. The number of hydrogen-bond donors (Lipinski definition) is 2. The molecular formula is C18H20N2O3. The number of methoxy groups -OCH3 is 1. The summed E-state index contributed by atoms with van der Waals surface area (Å²) in [6, 6.07) is 16.7. The molecule has 0 unspecified atom stereocenters. The van der Waals surface area contributed by atoms with E-state index in [1.54, 1.807) is 19.2 Å². The molecule has 0 spiro atoms. The highest BCUT2D eigenvalue weighted by Crippen LogP contribution is 2.12. The molecule has 5 heteroatoms. The molecule has 2 N–H and O–H groups in total. The summed E-state index contributed by atoms with van der Waals surface area (Å²) in [4.78, 5) is 23.5. The summed E-state index contributed by atoms with van der Waals surface area (Å²) in [6.45, 7) is -0.0314. The van der Waals surface area contributed by atoms with Gasteiger partial charge in [0.15, 0.2) is 0 Å². The Balaban J connectivity index is 1.69. The quantitative estimate of drug-likeness (QED) is 0.825. The highest BCUT2D eigenvalue weighted by molar-refractivity contribution is 5.94. The molecule has 0 atom stereocenters. The molecule has 0 aliphatic heterocycles. The normalized spacial score (nSPS) is 9.96. The van der Waals surface area contributed by atoms with Crippen LogP contribution in [0.5, 0.6) is 5.75 Å². The Bertz CT molecular complexity index is 639. The number of aryl methyl sites for hydroxylation is 1. The largest absolute Gasteiger partial charge is 0.497 e. The van der Waals surface area contributed by atoms with Gasteiger partial charge in [-0.15, -0.1) is 0 Å². The Morgan fingerprint density at radius 1 is 0.957 bits per heavy atom. The monoisotopic (exact) mass is 312 g/mol. The number of nitrogens with one attached hydrogen (secondary N) is 2. The summed E-state index contributed by atoms with van der Waals surface area (Å²) in [5.74, 6) is 0.397. The molecule has 0 fully saturated rings. The number of benzene rings is 2. The van der Waals surface area contributed by atoms with Gasteiger partial charge in [0.05, 0.1) is 13.7 Å². The van der Waals surface area contributed by atoms with Crippen molar-refractivity contribution in [2.45, 2.75) is 12.8 Å². The fraction of sp³-hybridized carbons (Fsp3) is 0.222. The van der Waals surface area contributed by atoms with Gasteiger partial charge in [0.1, 0.15) is 5.75 Å². The van der Waals surface area contributed by atoms with Crippen molar-refractivity contribution in [3.8, 4) is 5.75 Å². The highest BCUT2D eigenvalue weighted by atomic mass is 16.5. The Kier molecular flexibility index (Phi) is 6.17. The molecule has 2 amide bonds. The number of carbonyl (C=O) groups is 2. The number of hydrogen-bond acceptors (Lipinski definition) is 3. The van der Waals surface area contributed by atoms with Crippen LogP contribution in [-0.4, -0.2) is 25.5 Å². The molecule has 120 valence electrons. The van der Waals surface area contributed by atoms with Crippen LogP contribution in [0.25, 0.3) is 0 Å². The molecule has 0 bridgehead atoms. The molecule has 0 radical (unpaired) electrons. The van der Waals surface area contributed by atoms with Gasteiger partial charge in [-0.25, -0.2) is 0 Å². The average Bonchev–Trinajstić information content (AvgIpc) is 2.59. The minimum absolute atomic E-state index is 0.0314. The Morgan fingerprint density at radius 2 is 1.65 bits per heavy atom. The lowest BCUT2D eigenvalue weighted by atomic mass is 10.1. The van der Waals surface area contributed by atoms with Crippen molar-refractivity contribution in [1.82, 2.24) is 5.32 Å². The molecule has 0 saturated heterocycles. The summed E-state index contributed by atoms with van der Waals surface area (Å²) in [5, 5.41) is 5.34. The van der Waals surface area contributed by atoms with Gasteiger partial charge in [-0.3, -0.25) is 9.59 Å². The Labute approximate surface area is 135 Å². The number of para-hydroxylation sites is 1. The lowest BCUT2D eigenvalue weighted by Crippen LogP contribution is -2.32. The number of amides is 2. The summed E-state index contributed by atoms with van der Waals surface area (Å²) >= 11 is 0. The number of anilines is 1. The van der Waals surface area contributed by atoms with Gasteiger partial charge in [0.25, 0.3) is 0 Å². The van der Waals surface area contributed by atoms with E-state index in [-0.39, 0.29) is 18.4 Å². The van der Waals surface area contributed by atoms with Crippen LogP contribution >= 0.6 is 0 Å². The van der Waals surface area contributed by atoms with Crippen molar-refractivity contribution >= 4 is 17.5 Å². The smallest absolute Gasteiger partial charge is 0.243 e. The van der Waals surface area contributed by atoms with Crippen molar-refractivity contribution < 1.29 is 14.3 Å². The van der Waals surface area contributed by atoms with Crippen molar-refractivity contribution in [2.24, 2.45) is 0 Å². The predicted molar refractivity (Wildman–Crippen MR) is 89.4 cm³/mol. The molecule has 2 aromatic carbocycles. The maximum atomic E-state index is 11.8. The lowest BCUT2D eigenvalue weighted by Gasteiger charge is -2.07. The zero-order valence-electron chi connectivity index (χ0n) is 13.0. The van der Waals surface area contributed by atoms with Crippen LogP contribution in [0.1, 0.15) is 12.0 Å². The van der Waals surface area contributed by atoms with E-state index in [9.17, 15) is 9.59 Å². The van der Waals surface area contributed by atoms with Crippen molar-refractivity contribution in [3.05, 3.63) is 60.2 Å². The fourth-order valence-electron chi connectivity index (χ4n) is 2.04. The molecule has 0 aliphatic rings. The summed E-state index contributed by atoms with van der Waals surface area (Å²) in [5.41, 5.74) is 1.76. The van der Waals surface area contributed by atoms with Crippen LogP contribution in [0.4, 0.5) is 5.69 Å². The first-order valence-electron chi connectivity index (χ1n) is 7.42. The van der Waals surface area contributed by atoms with Crippen LogP contribution < -0.4 is 15.4 Å². The van der Waals surface area contributed by atoms with E-state index in [1.807, 2.05) is 42.5 Å². The zero-order chi connectivity index (χ0) is 16.5. The molecule has 0 aliphatic carbocycles. The minimum Gasteiger partial charge on any atom is -0.497 e. The van der Waals surface area contributed by atoms with Gasteiger partial charge < -0.3 is 15.4 Å². The van der Waals surface area contributed by atoms with Gasteiger partial charge in [-0.05, 0) is 36.2 Å². The van der Waals surface area contributed by atoms with Crippen LogP contribution in [0.15, 0.2) is 54.6 Å². The van der Waals surface area contributed by atoms with E-state index < -0.39 is 0 Å². The maximum absolute atomic E-state index is 11.8. The van der Waals surface area contributed by atoms with E-state index in [4.69, 9.17) is 4.74 Å². The molecule has 5 nitrogen and oxygen atoms in total. The number of rotatable bonds is 7. The van der Waals surface area contributed by atoms with E-state index >= 15 is 0 Å². The van der Waals surface area contributed by atoms with Crippen molar-refractivity contribution in [1.29, 1.82) is 0 Å². The van der Waals surface area contributed by atoms with Gasteiger partial charge >= 0.3 is 0 Å². The molecule has 23 heavy (non-hydrogen) atoms. The van der Waals surface area contributed by atoms with E-state index in [2.05, 4.69) is 10.6 Å². The number of ether oxygens (including phenoxy) is 1. The average molecular weight is 312 g/mol. The Morgan fingerprint density at radius 3 is 2.30 bits per heavy atom. The lowest BCUT2D eigenvalue weighted by molar-refractivity contribution is -0.124. The first-order chi connectivity index (χ1) is 11.2. The highest BCUT2D eigenvalue weighted by Gasteiger charge is 2.06. The SMILES string of the molecule is COc1ccc(CCC(=O)NCC(=O)Nc2ccccc2)cc1. The molecule has 0 aromatic heterocycles. The first kappa shape index (κ1) is 16.5. The van der Waals surface area contributed by atoms with Gasteiger partial charge in [-0.1, -0.05) is 30.3 Å². The molecule has 0 heterocycles. The van der Waals surface area contributed by atoms with Crippen LogP contribution in [0.2, 0.25) is 0 Å². The summed E-state index contributed by atoms with van der Waals surface area (Å²) < 4.78 is 5.08. The van der Waals surface area contributed by atoms with Gasteiger partial charge in [0.2, 0.25) is 11.8 Å². The second-order valence-corrected chi connectivity index (χ2v) is 5.04. The maximum Gasteiger partial charge on any atom is 0.243 e. The topological polar surface area (TPSA) is 67.4 Å². The summed E-state index contributed by atoms with van der Waals surface area (Å²) in [7, 11) is 1.61. The van der Waals surface area contributed by atoms with Gasteiger partial charge in [0, 0.05) is 12.1 Å². The molecule has 2 aromatic rings. The van der Waals surface area contributed by atoms with Gasteiger partial charge in [-0.2, -0.15) is 0 Å². The fourth-order valence-corrected chi connectivity index (χ4v) is 2.04. The van der Waals surface area contributed by atoms with E-state index in [0.29, 0.717) is 18.5 Å². The van der Waals surface area contributed by atoms with Crippen LogP contribution in [-0.2, 0) is 16.0 Å².